The first-order valence-corrected chi connectivity index (χ1v) is 6.27. The van der Waals surface area contributed by atoms with E-state index in [4.69, 9.17) is 5.84 Å². The quantitative estimate of drug-likeness (QED) is 0.581. The van der Waals surface area contributed by atoms with Gasteiger partial charge in [-0.3, -0.25) is 0 Å². The highest BCUT2D eigenvalue weighted by Crippen LogP contribution is 2.18. The van der Waals surface area contributed by atoms with Crippen molar-refractivity contribution in [2.45, 2.75) is 20.8 Å². The summed E-state index contributed by atoms with van der Waals surface area (Å²) in [6.45, 7) is 6.15. The maximum atomic E-state index is 6.00. The molecule has 0 spiro atoms. The summed E-state index contributed by atoms with van der Waals surface area (Å²) in [5.41, 5.74) is 11.5. The van der Waals surface area contributed by atoms with E-state index in [1.54, 1.807) is 0 Å². The summed E-state index contributed by atoms with van der Waals surface area (Å²) in [5, 5.41) is 1.49. The fourth-order valence-electron chi connectivity index (χ4n) is 1.97. The molecule has 0 aliphatic rings. The maximum Gasteiger partial charge on any atom is 0.0747 e. The molecule has 0 unspecified atom stereocenters. The molecule has 0 amide bonds. The first-order valence-electron chi connectivity index (χ1n) is 6.27. The number of hydrazine groups is 3. The zero-order valence-electron chi connectivity index (χ0n) is 11.6. The first kappa shape index (κ1) is 13.4. The van der Waals surface area contributed by atoms with Gasteiger partial charge in [-0.25, -0.2) is 11.0 Å². The molecule has 0 saturated heterocycles. The summed E-state index contributed by atoms with van der Waals surface area (Å²) >= 11 is 0. The van der Waals surface area contributed by atoms with Crippen LogP contribution in [0.25, 0.3) is 0 Å². The van der Waals surface area contributed by atoms with Crippen LogP contribution in [0, 0.1) is 20.8 Å². The van der Waals surface area contributed by atoms with Gasteiger partial charge in [0.15, 0.2) is 0 Å². The van der Waals surface area contributed by atoms with Crippen molar-refractivity contribution in [2.24, 2.45) is 5.84 Å². The van der Waals surface area contributed by atoms with E-state index < -0.39 is 0 Å². The van der Waals surface area contributed by atoms with Crippen molar-refractivity contribution in [3.05, 3.63) is 59.2 Å². The molecule has 4 nitrogen and oxygen atoms in total. The topological polar surface area (TPSA) is 53.3 Å². The number of benzene rings is 2. The van der Waals surface area contributed by atoms with E-state index in [9.17, 15) is 0 Å². The molecule has 100 valence electrons. The second-order valence-electron chi connectivity index (χ2n) is 4.71. The van der Waals surface area contributed by atoms with E-state index in [0.29, 0.717) is 0 Å². The Bertz CT molecular complexity index is 566. The summed E-state index contributed by atoms with van der Waals surface area (Å²) in [6, 6.07) is 14.2. The number of nitrogens with two attached hydrogens (primary N) is 1. The number of nitrogens with one attached hydrogen (secondary N) is 2. The van der Waals surface area contributed by atoms with Crippen molar-refractivity contribution in [1.29, 1.82) is 0 Å². The average Bonchev–Trinajstić information content (AvgIpc) is 2.37. The summed E-state index contributed by atoms with van der Waals surface area (Å²) in [5.74, 6) is 6.00. The van der Waals surface area contributed by atoms with Crippen LogP contribution in [0.4, 0.5) is 11.4 Å². The molecule has 2 aromatic carbocycles. The average molecular weight is 256 g/mol. The molecule has 19 heavy (non-hydrogen) atoms. The van der Waals surface area contributed by atoms with Crippen LogP contribution in [0.5, 0.6) is 0 Å². The van der Waals surface area contributed by atoms with E-state index in [1.165, 1.54) is 10.7 Å². The van der Waals surface area contributed by atoms with Crippen LogP contribution in [0.15, 0.2) is 42.5 Å². The van der Waals surface area contributed by atoms with Gasteiger partial charge in [-0.2, -0.15) is 0 Å². The predicted octanol–water partition coefficient (Wildman–Crippen LogP) is 2.82. The third-order valence-electron chi connectivity index (χ3n) is 3.07. The predicted molar refractivity (Wildman–Crippen MR) is 80.5 cm³/mol. The van der Waals surface area contributed by atoms with Crippen molar-refractivity contribution in [1.82, 2.24) is 5.53 Å². The fourth-order valence-corrected chi connectivity index (χ4v) is 1.97. The smallest absolute Gasteiger partial charge is 0.0747 e. The summed E-state index contributed by atoms with van der Waals surface area (Å²) in [4.78, 5) is 0. The van der Waals surface area contributed by atoms with Crippen LogP contribution in [-0.2, 0) is 0 Å². The van der Waals surface area contributed by atoms with Crippen LogP contribution in [0.1, 0.15) is 16.7 Å². The maximum absolute atomic E-state index is 6.00. The van der Waals surface area contributed by atoms with Crippen molar-refractivity contribution in [3.63, 3.8) is 0 Å². The minimum absolute atomic E-state index is 0.937. The third kappa shape index (κ3) is 3.24. The second kappa shape index (κ2) is 5.73. The molecule has 0 aromatic heterocycles. The Morgan fingerprint density at radius 1 is 0.947 bits per heavy atom. The standard InChI is InChI=1S/C15H20N4/c1-11-8-9-15(13(3)10-11)19(16)18-17-14-7-5-4-6-12(14)2/h4-10,17-18H,16H2,1-3H3. The Labute approximate surface area is 114 Å². The highest BCUT2D eigenvalue weighted by molar-refractivity contribution is 5.54. The van der Waals surface area contributed by atoms with Crippen molar-refractivity contribution < 1.29 is 0 Å². The molecule has 0 saturated carbocycles. The third-order valence-corrected chi connectivity index (χ3v) is 3.07. The second-order valence-corrected chi connectivity index (χ2v) is 4.71. The molecule has 0 bridgehead atoms. The van der Waals surface area contributed by atoms with Gasteiger partial charge in [0.1, 0.15) is 0 Å². The Morgan fingerprint density at radius 2 is 1.68 bits per heavy atom. The number of anilines is 2. The lowest BCUT2D eigenvalue weighted by Gasteiger charge is -2.23. The number of para-hydroxylation sites is 1. The van der Waals surface area contributed by atoms with E-state index in [0.717, 1.165) is 22.5 Å². The van der Waals surface area contributed by atoms with Gasteiger partial charge in [0.25, 0.3) is 0 Å². The summed E-state index contributed by atoms with van der Waals surface area (Å²) in [7, 11) is 0. The summed E-state index contributed by atoms with van der Waals surface area (Å²) in [6.07, 6.45) is 0. The Morgan fingerprint density at radius 3 is 2.37 bits per heavy atom. The van der Waals surface area contributed by atoms with E-state index >= 15 is 0 Å². The highest BCUT2D eigenvalue weighted by atomic mass is 15.8. The molecule has 4 heteroatoms. The van der Waals surface area contributed by atoms with E-state index in [1.807, 2.05) is 50.2 Å². The Hall–Kier alpha value is -2.04. The van der Waals surface area contributed by atoms with Crippen molar-refractivity contribution >= 4 is 11.4 Å². The Kier molecular flexibility index (Phi) is 4.04. The van der Waals surface area contributed by atoms with Crippen molar-refractivity contribution in [2.75, 3.05) is 10.5 Å². The van der Waals surface area contributed by atoms with Crippen LogP contribution < -0.4 is 21.9 Å². The largest absolute Gasteiger partial charge is 0.302 e. The molecular weight excluding hydrogens is 236 g/mol. The Balaban J connectivity index is 2.05. The zero-order chi connectivity index (χ0) is 13.8. The van der Waals surface area contributed by atoms with Gasteiger partial charge in [0.2, 0.25) is 0 Å². The lowest BCUT2D eigenvalue weighted by molar-refractivity contribution is 0.723. The number of hydrogen-bond acceptors (Lipinski definition) is 4. The van der Waals surface area contributed by atoms with Gasteiger partial charge in [-0.15, -0.1) is 5.53 Å². The minimum Gasteiger partial charge on any atom is -0.302 e. The monoisotopic (exact) mass is 256 g/mol. The van der Waals surface area contributed by atoms with Gasteiger partial charge in [-0.05, 0) is 44.0 Å². The molecule has 2 rings (SSSR count). The number of nitrogens with zero attached hydrogens (tertiary/aromatic N) is 1. The van der Waals surface area contributed by atoms with Crippen LogP contribution in [0.3, 0.4) is 0 Å². The first-order chi connectivity index (χ1) is 9.08. The summed E-state index contributed by atoms with van der Waals surface area (Å²) < 4.78 is 0. The van der Waals surface area contributed by atoms with E-state index in [2.05, 4.69) is 24.0 Å². The van der Waals surface area contributed by atoms with Gasteiger partial charge in [0, 0.05) is 0 Å². The molecule has 0 aliphatic heterocycles. The lowest BCUT2D eigenvalue weighted by Crippen LogP contribution is -2.47. The zero-order valence-corrected chi connectivity index (χ0v) is 11.6. The van der Waals surface area contributed by atoms with Crippen LogP contribution in [-0.4, -0.2) is 0 Å². The molecule has 0 aliphatic carbocycles. The number of hydrogen-bond donors (Lipinski definition) is 3. The van der Waals surface area contributed by atoms with Gasteiger partial charge < -0.3 is 5.43 Å². The van der Waals surface area contributed by atoms with Gasteiger partial charge in [0.05, 0.1) is 11.4 Å². The normalized spacial score (nSPS) is 10.3. The molecule has 0 radical (unpaired) electrons. The van der Waals surface area contributed by atoms with Crippen LogP contribution in [0.2, 0.25) is 0 Å². The molecule has 2 aromatic rings. The lowest BCUT2D eigenvalue weighted by atomic mass is 10.1. The molecule has 0 fully saturated rings. The number of aryl methyl sites for hydroxylation is 3. The van der Waals surface area contributed by atoms with Gasteiger partial charge >= 0.3 is 0 Å². The van der Waals surface area contributed by atoms with Gasteiger partial charge in [-0.1, -0.05) is 35.9 Å². The molecular formula is C15H20N4. The SMILES string of the molecule is Cc1ccc(N(N)NNc2ccccc2C)c(C)c1. The molecule has 4 N–H and O–H groups in total. The van der Waals surface area contributed by atoms with Crippen molar-refractivity contribution in [3.8, 4) is 0 Å². The van der Waals surface area contributed by atoms with E-state index in [-0.39, 0.29) is 0 Å². The molecule has 0 atom stereocenters. The fraction of sp³-hybridized carbons (Fsp3) is 0.200. The molecule has 0 heterocycles. The number of rotatable bonds is 4. The van der Waals surface area contributed by atoms with Crippen LogP contribution >= 0.6 is 0 Å². The highest BCUT2D eigenvalue weighted by Gasteiger charge is 2.05. The minimum atomic E-state index is 0.937.